The van der Waals surface area contributed by atoms with Crippen LogP contribution in [0.3, 0.4) is 0 Å². The minimum absolute atomic E-state index is 0. The molecule has 2 aromatic rings. The third-order valence-electron chi connectivity index (χ3n) is 5.21. The summed E-state index contributed by atoms with van der Waals surface area (Å²) in [6.45, 7) is 2.51. The van der Waals surface area contributed by atoms with Gasteiger partial charge in [-0.1, -0.05) is 30.3 Å². The lowest BCUT2D eigenvalue weighted by atomic mass is 9.93. The van der Waals surface area contributed by atoms with Crippen molar-refractivity contribution in [3.63, 3.8) is 0 Å². The maximum absolute atomic E-state index is 11.6. The number of guanidine groups is 1. The van der Waals surface area contributed by atoms with Crippen molar-refractivity contribution in [1.82, 2.24) is 15.5 Å². The number of amides is 1. The van der Waals surface area contributed by atoms with Gasteiger partial charge in [-0.2, -0.15) is 0 Å². The number of halogens is 1. The number of carbonyl (C=O) groups is 1. The predicted octanol–water partition coefficient (Wildman–Crippen LogP) is 4.02. The zero-order chi connectivity index (χ0) is 20.5. The second-order valence-electron chi connectivity index (χ2n) is 7.27. The Kier molecular flexibility index (Phi) is 9.93. The molecule has 0 unspecified atom stereocenters. The van der Waals surface area contributed by atoms with Crippen molar-refractivity contribution in [2.24, 2.45) is 10.9 Å². The number of benzene rings is 2. The Balaban J connectivity index is 0.00000320. The molecular weight excluding hydrogens is 491 g/mol. The Hall–Kier alpha value is -2.29. The lowest BCUT2D eigenvalue weighted by molar-refractivity contribution is -0.121. The molecule has 7 heteroatoms. The molecule has 2 aromatic carbocycles. The fourth-order valence-corrected chi connectivity index (χ4v) is 3.57. The van der Waals surface area contributed by atoms with E-state index in [-0.39, 0.29) is 29.9 Å². The monoisotopic (exact) mass is 522 g/mol. The summed E-state index contributed by atoms with van der Waals surface area (Å²) >= 11 is 0. The van der Waals surface area contributed by atoms with Crippen molar-refractivity contribution in [1.29, 1.82) is 0 Å². The van der Waals surface area contributed by atoms with Crippen molar-refractivity contribution in [2.45, 2.75) is 25.8 Å². The second-order valence-corrected chi connectivity index (χ2v) is 7.27. The fourth-order valence-electron chi connectivity index (χ4n) is 3.57. The average Bonchev–Trinajstić information content (AvgIpc) is 2.76. The van der Waals surface area contributed by atoms with Crippen LogP contribution in [-0.4, -0.2) is 44.0 Å². The molecular formula is C23H31IN4O2. The minimum Gasteiger partial charge on any atom is -0.457 e. The quantitative estimate of drug-likeness (QED) is 0.342. The fraction of sp³-hybridized carbons (Fsp3) is 0.391. The highest BCUT2D eigenvalue weighted by Crippen LogP contribution is 2.22. The number of aliphatic imine (C=N–C) groups is 1. The first-order valence-electron chi connectivity index (χ1n) is 10.2. The van der Waals surface area contributed by atoms with Gasteiger partial charge in [-0.3, -0.25) is 9.79 Å². The lowest BCUT2D eigenvalue weighted by Gasteiger charge is -2.34. The van der Waals surface area contributed by atoms with E-state index in [0.29, 0.717) is 18.9 Å². The molecule has 1 aliphatic heterocycles. The summed E-state index contributed by atoms with van der Waals surface area (Å²) in [5.74, 6) is 3.13. The van der Waals surface area contributed by atoms with Gasteiger partial charge in [-0.15, -0.1) is 24.0 Å². The summed E-state index contributed by atoms with van der Waals surface area (Å²) < 4.78 is 5.92. The number of hydrogen-bond acceptors (Lipinski definition) is 3. The average molecular weight is 522 g/mol. The van der Waals surface area contributed by atoms with Crippen molar-refractivity contribution in [2.75, 3.05) is 27.2 Å². The van der Waals surface area contributed by atoms with Gasteiger partial charge in [0.15, 0.2) is 5.96 Å². The van der Waals surface area contributed by atoms with E-state index in [1.54, 1.807) is 7.05 Å². The van der Waals surface area contributed by atoms with E-state index in [1.165, 1.54) is 0 Å². The maximum atomic E-state index is 11.6. The number of nitrogens with one attached hydrogen (secondary N) is 2. The highest BCUT2D eigenvalue weighted by molar-refractivity contribution is 14.0. The Bertz CT molecular complexity index is 821. The molecule has 1 amide bonds. The molecule has 0 aromatic heterocycles. The van der Waals surface area contributed by atoms with Crippen molar-refractivity contribution in [3.8, 4) is 11.5 Å². The van der Waals surface area contributed by atoms with Crippen molar-refractivity contribution in [3.05, 3.63) is 60.2 Å². The molecule has 3 rings (SSSR count). The van der Waals surface area contributed by atoms with Gasteiger partial charge in [-0.25, -0.2) is 0 Å². The molecule has 1 fully saturated rings. The number of ether oxygens (including phenoxy) is 1. The third kappa shape index (κ3) is 7.19. The van der Waals surface area contributed by atoms with E-state index >= 15 is 0 Å². The Labute approximate surface area is 196 Å². The largest absolute Gasteiger partial charge is 0.457 e. The maximum Gasteiger partial charge on any atom is 0.220 e. The van der Waals surface area contributed by atoms with Crippen LogP contribution in [0.1, 0.15) is 24.8 Å². The topological polar surface area (TPSA) is 66.0 Å². The van der Waals surface area contributed by atoms with Crippen molar-refractivity contribution < 1.29 is 9.53 Å². The van der Waals surface area contributed by atoms with Gasteiger partial charge < -0.3 is 20.3 Å². The number of hydrogen-bond donors (Lipinski definition) is 2. The molecule has 0 spiro atoms. The van der Waals surface area contributed by atoms with Crippen LogP contribution in [0, 0.1) is 5.92 Å². The van der Waals surface area contributed by atoms with E-state index in [9.17, 15) is 4.79 Å². The summed E-state index contributed by atoms with van der Waals surface area (Å²) in [5.41, 5.74) is 1.13. The lowest BCUT2D eigenvalue weighted by Crippen LogP contribution is -2.45. The van der Waals surface area contributed by atoms with Gasteiger partial charge >= 0.3 is 0 Å². The third-order valence-corrected chi connectivity index (χ3v) is 5.21. The summed E-state index contributed by atoms with van der Waals surface area (Å²) in [5, 5.41) is 6.17. The number of rotatable bonds is 6. The van der Waals surface area contributed by atoms with Crippen LogP contribution in [0.5, 0.6) is 11.5 Å². The highest BCUT2D eigenvalue weighted by atomic mass is 127. The minimum atomic E-state index is 0. The molecule has 0 radical (unpaired) electrons. The molecule has 0 atom stereocenters. The van der Waals surface area contributed by atoms with Crippen molar-refractivity contribution >= 4 is 35.8 Å². The number of nitrogens with zero attached hydrogens (tertiary/aromatic N) is 2. The van der Waals surface area contributed by atoms with Gasteiger partial charge in [0.25, 0.3) is 0 Å². The van der Waals surface area contributed by atoms with Crippen LogP contribution in [0.15, 0.2) is 59.6 Å². The summed E-state index contributed by atoms with van der Waals surface area (Å²) in [4.78, 5) is 18.3. The van der Waals surface area contributed by atoms with Crippen LogP contribution in [0.4, 0.5) is 0 Å². The highest BCUT2D eigenvalue weighted by Gasteiger charge is 2.23. The molecule has 1 aliphatic rings. The Morgan fingerprint density at radius 1 is 1.10 bits per heavy atom. The van der Waals surface area contributed by atoms with Crippen LogP contribution in [-0.2, 0) is 11.3 Å². The number of para-hydroxylation sites is 1. The SMILES string of the molecule is CN=C(NCc1cccc(Oc2ccccc2)c1)N1CCC(CC(=O)NC)CC1.I. The van der Waals surface area contributed by atoms with Crippen LogP contribution in [0.2, 0.25) is 0 Å². The smallest absolute Gasteiger partial charge is 0.220 e. The first-order valence-corrected chi connectivity index (χ1v) is 10.2. The van der Waals surface area contributed by atoms with E-state index < -0.39 is 0 Å². The molecule has 30 heavy (non-hydrogen) atoms. The number of piperidine rings is 1. The number of carbonyl (C=O) groups excluding carboxylic acids is 1. The van der Waals surface area contributed by atoms with Gasteiger partial charge in [0.1, 0.15) is 11.5 Å². The van der Waals surface area contributed by atoms with E-state index in [4.69, 9.17) is 4.74 Å². The van der Waals surface area contributed by atoms with E-state index in [1.807, 2.05) is 55.6 Å². The van der Waals surface area contributed by atoms with Gasteiger partial charge in [0.2, 0.25) is 5.91 Å². The zero-order valence-corrected chi connectivity index (χ0v) is 20.0. The molecule has 0 saturated carbocycles. The normalized spacial score (nSPS) is 14.6. The summed E-state index contributed by atoms with van der Waals surface area (Å²) in [7, 11) is 3.51. The Morgan fingerprint density at radius 3 is 2.47 bits per heavy atom. The Morgan fingerprint density at radius 2 is 1.80 bits per heavy atom. The number of likely N-dealkylation sites (tertiary alicyclic amines) is 1. The molecule has 162 valence electrons. The standard InChI is InChI=1S/C23H30N4O2.HI/c1-24-22(28)16-18-11-13-27(14-12-18)23(25-2)26-17-19-7-6-10-21(15-19)29-20-8-4-3-5-9-20;/h3-10,15,18H,11-14,16-17H2,1-2H3,(H,24,28)(H,25,26);1H. The van der Waals surface area contributed by atoms with Crippen LogP contribution >= 0.6 is 24.0 Å². The van der Waals surface area contributed by atoms with Gasteiger partial charge in [0, 0.05) is 40.2 Å². The van der Waals surface area contributed by atoms with Gasteiger partial charge in [0.05, 0.1) is 0 Å². The second kappa shape index (κ2) is 12.4. The van der Waals surface area contributed by atoms with Crippen LogP contribution in [0.25, 0.3) is 0 Å². The molecule has 1 saturated heterocycles. The molecule has 2 N–H and O–H groups in total. The summed E-state index contributed by atoms with van der Waals surface area (Å²) in [6, 6.07) is 17.9. The van der Waals surface area contributed by atoms with E-state index in [0.717, 1.165) is 49.0 Å². The molecule has 0 aliphatic carbocycles. The van der Waals surface area contributed by atoms with Gasteiger partial charge in [-0.05, 0) is 48.6 Å². The molecule has 1 heterocycles. The zero-order valence-electron chi connectivity index (χ0n) is 17.6. The molecule has 0 bridgehead atoms. The van der Waals surface area contributed by atoms with Crippen LogP contribution < -0.4 is 15.4 Å². The first kappa shape index (κ1) is 24.0. The molecule has 6 nitrogen and oxygen atoms in total. The van der Waals surface area contributed by atoms with E-state index in [2.05, 4.69) is 26.6 Å². The summed E-state index contributed by atoms with van der Waals surface area (Å²) in [6.07, 6.45) is 2.63. The first-order chi connectivity index (χ1) is 14.2. The predicted molar refractivity (Wildman–Crippen MR) is 132 cm³/mol.